The molecular weight excluding hydrogens is 318 g/mol. The molecule has 2 aromatic heterocycles. The van der Waals surface area contributed by atoms with E-state index in [0.717, 1.165) is 61.8 Å². The highest BCUT2D eigenvalue weighted by Gasteiger charge is 2.25. The molecular formula is C15H20ClN5O2. The maximum absolute atomic E-state index is 6.20. The number of aromatic nitrogens is 4. The fourth-order valence-corrected chi connectivity index (χ4v) is 3.47. The van der Waals surface area contributed by atoms with Crippen LogP contribution in [0.1, 0.15) is 31.3 Å². The van der Waals surface area contributed by atoms with Crippen LogP contribution in [0.3, 0.4) is 0 Å². The van der Waals surface area contributed by atoms with Gasteiger partial charge in [0.05, 0.1) is 13.2 Å². The van der Waals surface area contributed by atoms with Gasteiger partial charge in [0.1, 0.15) is 12.1 Å². The van der Waals surface area contributed by atoms with Gasteiger partial charge in [-0.05, 0) is 37.8 Å². The van der Waals surface area contributed by atoms with E-state index in [4.69, 9.17) is 26.1 Å². The molecule has 0 amide bonds. The van der Waals surface area contributed by atoms with Gasteiger partial charge in [0.15, 0.2) is 17.0 Å². The van der Waals surface area contributed by atoms with Gasteiger partial charge < -0.3 is 14.4 Å². The zero-order chi connectivity index (χ0) is 15.8. The first-order valence-electron chi connectivity index (χ1n) is 8.10. The van der Waals surface area contributed by atoms with Crippen LogP contribution >= 0.6 is 11.6 Å². The molecule has 2 aliphatic rings. The number of imidazole rings is 1. The van der Waals surface area contributed by atoms with Crippen molar-refractivity contribution in [2.24, 2.45) is 0 Å². The van der Waals surface area contributed by atoms with Crippen LogP contribution in [0.25, 0.3) is 11.2 Å². The second-order valence-corrected chi connectivity index (χ2v) is 6.28. The van der Waals surface area contributed by atoms with Crippen molar-refractivity contribution in [2.75, 3.05) is 37.8 Å². The van der Waals surface area contributed by atoms with Crippen molar-refractivity contribution in [1.82, 2.24) is 19.5 Å². The Hall–Kier alpha value is -1.44. The maximum Gasteiger partial charge on any atom is 0.226 e. The molecule has 0 spiro atoms. The van der Waals surface area contributed by atoms with Gasteiger partial charge in [-0.25, -0.2) is 4.98 Å². The summed E-state index contributed by atoms with van der Waals surface area (Å²) in [5.74, 6) is 1.68. The molecule has 1 unspecified atom stereocenters. The molecule has 4 rings (SSSR count). The van der Waals surface area contributed by atoms with E-state index in [1.165, 1.54) is 0 Å². The van der Waals surface area contributed by atoms with E-state index >= 15 is 0 Å². The zero-order valence-electron chi connectivity index (χ0n) is 13.2. The summed E-state index contributed by atoms with van der Waals surface area (Å²) in [5.41, 5.74) is 1.55. The van der Waals surface area contributed by atoms with Crippen LogP contribution in [-0.4, -0.2) is 52.4 Å². The van der Waals surface area contributed by atoms with Gasteiger partial charge in [-0.1, -0.05) is 0 Å². The van der Waals surface area contributed by atoms with Crippen LogP contribution in [0, 0.1) is 6.92 Å². The second-order valence-electron chi connectivity index (χ2n) is 5.94. The largest absolute Gasteiger partial charge is 0.378 e. The Morgan fingerprint density at radius 1 is 1.09 bits per heavy atom. The lowest BCUT2D eigenvalue weighted by molar-refractivity contribution is -0.0309. The first-order valence-corrected chi connectivity index (χ1v) is 8.48. The molecule has 7 nitrogen and oxygen atoms in total. The summed E-state index contributed by atoms with van der Waals surface area (Å²) in [5, 5.41) is 0.246. The average molecular weight is 338 g/mol. The second kappa shape index (κ2) is 6.22. The quantitative estimate of drug-likeness (QED) is 0.784. The molecule has 0 bridgehead atoms. The number of aryl methyl sites for hydroxylation is 1. The lowest BCUT2D eigenvalue weighted by atomic mass is 10.2. The Balaban J connectivity index is 1.82. The first kappa shape index (κ1) is 15.1. The van der Waals surface area contributed by atoms with Gasteiger partial charge in [0.2, 0.25) is 5.28 Å². The molecule has 4 heterocycles. The van der Waals surface area contributed by atoms with Crippen molar-refractivity contribution >= 4 is 28.6 Å². The number of nitrogens with zero attached hydrogens (tertiary/aromatic N) is 5. The third-order valence-electron chi connectivity index (χ3n) is 4.42. The highest BCUT2D eigenvalue weighted by atomic mass is 35.5. The SMILES string of the molecule is Cc1nc2c(N3CCOCC3)nc(Cl)nc2n1C1CCCCO1. The van der Waals surface area contributed by atoms with Crippen LogP contribution in [0.4, 0.5) is 5.82 Å². The molecule has 8 heteroatoms. The van der Waals surface area contributed by atoms with E-state index in [9.17, 15) is 0 Å². The minimum Gasteiger partial charge on any atom is -0.378 e. The monoisotopic (exact) mass is 337 g/mol. The Morgan fingerprint density at radius 3 is 2.65 bits per heavy atom. The zero-order valence-corrected chi connectivity index (χ0v) is 13.9. The summed E-state index contributed by atoms with van der Waals surface area (Å²) >= 11 is 6.20. The minimum absolute atomic E-state index is 0.0164. The predicted molar refractivity (Wildman–Crippen MR) is 86.9 cm³/mol. The van der Waals surface area contributed by atoms with Crippen LogP contribution in [-0.2, 0) is 9.47 Å². The molecule has 2 aliphatic heterocycles. The van der Waals surface area contributed by atoms with Gasteiger partial charge in [-0.2, -0.15) is 9.97 Å². The first-order chi connectivity index (χ1) is 11.2. The summed E-state index contributed by atoms with van der Waals surface area (Å²) in [6, 6.07) is 0. The lowest BCUT2D eigenvalue weighted by Crippen LogP contribution is -2.37. The van der Waals surface area contributed by atoms with E-state index in [0.29, 0.717) is 13.2 Å². The van der Waals surface area contributed by atoms with Crippen LogP contribution in [0.5, 0.6) is 0 Å². The lowest BCUT2D eigenvalue weighted by Gasteiger charge is -2.28. The van der Waals surface area contributed by atoms with Gasteiger partial charge in [0, 0.05) is 19.7 Å². The fourth-order valence-electron chi connectivity index (χ4n) is 3.31. The standard InChI is InChI=1S/C15H20ClN5O2/c1-10-17-12-13(20-5-8-22-9-6-20)18-15(16)19-14(12)21(10)11-4-2-3-7-23-11/h11H,2-9H2,1H3. The van der Waals surface area contributed by atoms with Gasteiger partial charge >= 0.3 is 0 Å². The summed E-state index contributed by atoms with van der Waals surface area (Å²) in [6.45, 7) is 5.71. The van der Waals surface area contributed by atoms with Crippen LogP contribution in [0.15, 0.2) is 0 Å². The molecule has 2 fully saturated rings. The van der Waals surface area contributed by atoms with Crippen molar-refractivity contribution in [2.45, 2.75) is 32.4 Å². The normalized spacial score (nSPS) is 22.7. The smallest absolute Gasteiger partial charge is 0.226 e. The summed E-state index contributed by atoms with van der Waals surface area (Å²) in [6.07, 6.45) is 3.22. The van der Waals surface area contributed by atoms with Gasteiger partial charge in [-0.15, -0.1) is 0 Å². The number of hydrogen-bond donors (Lipinski definition) is 0. The summed E-state index contributed by atoms with van der Waals surface area (Å²) in [4.78, 5) is 15.8. The van der Waals surface area contributed by atoms with E-state index in [2.05, 4.69) is 19.4 Å². The number of rotatable bonds is 2. The molecule has 23 heavy (non-hydrogen) atoms. The molecule has 0 aromatic carbocycles. The molecule has 0 saturated carbocycles. The number of hydrogen-bond acceptors (Lipinski definition) is 6. The summed E-state index contributed by atoms with van der Waals surface area (Å²) in [7, 11) is 0. The van der Waals surface area contributed by atoms with E-state index in [-0.39, 0.29) is 11.5 Å². The number of ether oxygens (including phenoxy) is 2. The van der Waals surface area contributed by atoms with Crippen molar-refractivity contribution in [1.29, 1.82) is 0 Å². The Bertz CT molecular complexity index is 707. The molecule has 0 aliphatic carbocycles. The average Bonchev–Trinajstić information content (AvgIpc) is 2.91. The molecule has 124 valence electrons. The van der Waals surface area contributed by atoms with Gasteiger partial charge in [-0.3, -0.25) is 4.57 Å². The highest BCUT2D eigenvalue weighted by Crippen LogP contribution is 2.31. The third-order valence-corrected chi connectivity index (χ3v) is 4.59. The maximum atomic E-state index is 6.20. The van der Waals surface area contributed by atoms with Crippen LogP contribution in [0.2, 0.25) is 5.28 Å². The van der Waals surface area contributed by atoms with Crippen molar-refractivity contribution < 1.29 is 9.47 Å². The van der Waals surface area contributed by atoms with Crippen molar-refractivity contribution in [3.05, 3.63) is 11.1 Å². The van der Waals surface area contributed by atoms with E-state index in [1.54, 1.807) is 0 Å². The molecule has 0 N–H and O–H groups in total. The van der Waals surface area contributed by atoms with Crippen molar-refractivity contribution in [3.8, 4) is 0 Å². The van der Waals surface area contributed by atoms with Gasteiger partial charge in [0.25, 0.3) is 0 Å². The Morgan fingerprint density at radius 2 is 1.91 bits per heavy atom. The van der Waals surface area contributed by atoms with E-state index in [1.807, 2.05) is 6.92 Å². The topological polar surface area (TPSA) is 65.3 Å². The predicted octanol–water partition coefficient (Wildman–Crippen LogP) is 2.32. The summed E-state index contributed by atoms with van der Waals surface area (Å²) < 4.78 is 13.4. The fraction of sp³-hybridized carbons (Fsp3) is 0.667. The number of morpholine rings is 1. The highest BCUT2D eigenvalue weighted by molar-refractivity contribution is 6.28. The van der Waals surface area contributed by atoms with Crippen LogP contribution < -0.4 is 4.90 Å². The van der Waals surface area contributed by atoms with Crippen molar-refractivity contribution in [3.63, 3.8) is 0 Å². The Kier molecular flexibility index (Phi) is 4.09. The Labute approximate surface area is 139 Å². The minimum atomic E-state index is -0.0164. The van der Waals surface area contributed by atoms with E-state index < -0.39 is 0 Å². The third kappa shape index (κ3) is 2.77. The number of anilines is 1. The molecule has 2 saturated heterocycles. The molecule has 0 radical (unpaired) electrons. The number of halogens is 1. The number of fused-ring (bicyclic) bond motifs is 1. The molecule has 2 aromatic rings. The molecule has 1 atom stereocenters.